The zero-order valence-electron chi connectivity index (χ0n) is 16.5. The molecule has 6 nitrogen and oxygen atoms in total. The number of benzene rings is 2. The molecule has 6 heteroatoms. The average Bonchev–Trinajstić information content (AvgIpc) is 3.25. The van der Waals surface area contributed by atoms with Crippen molar-refractivity contribution in [1.29, 1.82) is 0 Å². The predicted molar refractivity (Wildman–Crippen MR) is 107 cm³/mol. The summed E-state index contributed by atoms with van der Waals surface area (Å²) in [6.07, 6.45) is 1.35. The molecule has 2 aromatic carbocycles. The minimum absolute atomic E-state index is 0.103. The van der Waals surface area contributed by atoms with Gasteiger partial charge in [-0.3, -0.25) is 4.90 Å². The van der Waals surface area contributed by atoms with E-state index in [1.54, 1.807) is 0 Å². The fraction of sp³-hybridized carbons (Fsp3) is 0.348. The Kier molecular flexibility index (Phi) is 4.15. The third-order valence-corrected chi connectivity index (χ3v) is 5.93. The summed E-state index contributed by atoms with van der Waals surface area (Å²) < 4.78 is 11.6. The first-order valence-electron chi connectivity index (χ1n) is 9.98. The molecule has 1 saturated heterocycles. The number of nitrogens with zero attached hydrogens (tertiary/aromatic N) is 3. The third-order valence-electron chi connectivity index (χ3n) is 5.93. The van der Waals surface area contributed by atoms with Crippen molar-refractivity contribution in [2.45, 2.75) is 50.3 Å². The number of rotatable bonds is 4. The lowest BCUT2D eigenvalue weighted by molar-refractivity contribution is 0.0641. The molecule has 2 fully saturated rings. The van der Waals surface area contributed by atoms with Crippen LogP contribution in [0.2, 0.25) is 0 Å². The lowest BCUT2D eigenvalue weighted by atomic mass is 9.77. The monoisotopic (exact) mass is 389 g/mol. The van der Waals surface area contributed by atoms with Gasteiger partial charge in [-0.25, -0.2) is 4.79 Å². The fourth-order valence-corrected chi connectivity index (χ4v) is 4.44. The van der Waals surface area contributed by atoms with Gasteiger partial charge in [0.15, 0.2) is 0 Å². The molecule has 0 bridgehead atoms. The van der Waals surface area contributed by atoms with Crippen LogP contribution in [-0.4, -0.2) is 32.8 Å². The van der Waals surface area contributed by atoms with E-state index in [0.717, 1.165) is 24.0 Å². The zero-order chi connectivity index (χ0) is 20.0. The van der Waals surface area contributed by atoms with E-state index in [1.165, 1.54) is 0 Å². The first-order chi connectivity index (χ1) is 14.0. The van der Waals surface area contributed by atoms with Gasteiger partial charge in [0.2, 0.25) is 11.8 Å². The van der Waals surface area contributed by atoms with E-state index >= 15 is 0 Å². The minimum atomic E-state index is -0.575. The fourth-order valence-electron chi connectivity index (χ4n) is 4.44. The number of hydrogen-bond donors (Lipinski definition) is 0. The molecular formula is C23H23N3O3. The number of carbonyl (C=O) groups excluding carboxylic acids is 1. The van der Waals surface area contributed by atoms with Crippen LogP contribution in [0, 0.1) is 0 Å². The molecule has 0 unspecified atom stereocenters. The Morgan fingerprint density at radius 1 is 0.966 bits per heavy atom. The number of aromatic nitrogens is 2. The Morgan fingerprint density at radius 3 is 2.31 bits per heavy atom. The molecule has 1 aliphatic carbocycles. The number of ether oxygens (including phenoxy) is 1. The molecule has 0 spiro atoms. The van der Waals surface area contributed by atoms with E-state index < -0.39 is 5.60 Å². The van der Waals surface area contributed by atoms with Crippen LogP contribution >= 0.6 is 0 Å². The maximum absolute atomic E-state index is 12.7. The quantitative estimate of drug-likeness (QED) is 0.631. The molecule has 5 rings (SSSR count). The van der Waals surface area contributed by atoms with Gasteiger partial charge in [-0.2, -0.15) is 0 Å². The van der Waals surface area contributed by atoms with Gasteiger partial charge in [0, 0.05) is 17.5 Å². The van der Waals surface area contributed by atoms with Crippen molar-refractivity contribution in [3.8, 4) is 11.5 Å². The first-order valence-corrected chi connectivity index (χ1v) is 9.98. The molecule has 0 radical (unpaired) electrons. The highest BCUT2D eigenvalue weighted by Crippen LogP contribution is 2.49. The number of hydrogen-bond acceptors (Lipinski definition) is 5. The molecule has 1 atom stereocenters. The van der Waals surface area contributed by atoms with Crippen molar-refractivity contribution in [3.05, 3.63) is 72.1 Å². The lowest BCUT2D eigenvalue weighted by Gasteiger charge is -2.42. The zero-order valence-corrected chi connectivity index (χ0v) is 16.5. The molecular weight excluding hydrogens is 366 g/mol. The smallest absolute Gasteiger partial charge is 0.411 e. The van der Waals surface area contributed by atoms with E-state index in [2.05, 4.69) is 22.3 Å². The second kappa shape index (κ2) is 6.72. The van der Waals surface area contributed by atoms with E-state index in [1.807, 2.05) is 67.3 Å². The van der Waals surface area contributed by atoms with Crippen molar-refractivity contribution >= 4 is 6.09 Å². The summed E-state index contributed by atoms with van der Waals surface area (Å²) >= 11 is 0. The molecule has 1 saturated carbocycles. The maximum Gasteiger partial charge on any atom is 0.411 e. The second-order valence-corrected chi connectivity index (χ2v) is 8.33. The van der Waals surface area contributed by atoms with Gasteiger partial charge in [0.25, 0.3) is 0 Å². The van der Waals surface area contributed by atoms with Crippen molar-refractivity contribution in [2.24, 2.45) is 0 Å². The molecule has 2 aliphatic rings. The third kappa shape index (κ3) is 3.09. The normalized spacial score (nSPS) is 25.5. The standard InChI is InChI=1S/C23H23N3O3/c1-23(2)19(15-9-5-3-6-10-15)26(22(27)29-23)18-13-17(14-18)21-25-24-20(28-21)16-11-7-4-8-12-16/h3-12,17-19H,13-14H2,1-2H3/t17-,18-,19-/m0/s1. The number of cyclic esters (lactones) is 1. The largest absolute Gasteiger partial charge is 0.441 e. The van der Waals surface area contributed by atoms with Crippen LogP contribution in [0.4, 0.5) is 4.79 Å². The van der Waals surface area contributed by atoms with Crippen LogP contribution in [0.15, 0.2) is 65.1 Å². The number of carbonyl (C=O) groups is 1. The van der Waals surface area contributed by atoms with Crippen LogP contribution < -0.4 is 0 Å². The summed E-state index contributed by atoms with van der Waals surface area (Å²) in [7, 11) is 0. The first kappa shape index (κ1) is 17.9. The molecule has 148 valence electrons. The van der Waals surface area contributed by atoms with Crippen LogP contribution in [0.1, 0.15) is 50.1 Å². The SMILES string of the molecule is CC1(C)OC(=O)N([C@H]2C[C@H](c3nnc(-c4ccccc4)o3)C2)[C@H]1c1ccccc1. The summed E-state index contributed by atoms with van der Waals surface area (Å²) in [5.74, 6) is 1.34. The summed E-state index contributed by atoms with van der Waals surface area (Å²) in [5, 5.41) is 8.44. The van der Waals surface area contributed by atoms with Gasteiger partial charge >= 0.3 is 6.09 Å². The van der Waals surface area contributed by atoms with Crippen molar-refractivity contribution in [2.75, 3.05) is 0 Å². The Morgan fingerprint density at radius 2 is 1.62 bits per heavy atom. The average molecular weight is 389 g/mol. The van der Waals surface area contributed by atoms with E-state index in [0.29, 0.717) is 11.8 Å². The van der Waals surface area contributed by atoms with Gasteiger partial charge in [-0.1, -0.05) is 48.5 Å². The summed E-state index contributed by atoms with van der Waals surface area (Å²) in [5.41, 5.74) is 1.43. The molecule has 0 N–H and O–H groups in total. The topological polar surface area (TPSA) is 68.5 Å². The highest BCUT2D eigenvalue weighted by atomic mass is 16.6. The summed E-state index contributed by atoms with van der Waals surface area (Å²) in [4.78, 5) is 14.6. The van der Waals surface area contributed by atoms with Gasteiger partial charge in [0.05, 0.1) is 6.04 Å². The van der Waals surface area contributed by atoms with Crippen LogP contribution in [-0.2, 0) is 4.74 Å². The van der Waals surface area contributed by atoms with Gasteiger partial charge in [-0.15, -0.1) is 10.2 Å². The van der Waals surface area contributed by atoms with E-state index in [-0.39, 0.29) is 24.1 Å². The number of amides is 1. The second-order valence-electron chi connectivity index (χ2n) is 8.33. The van der Waals surface area contributed by atoms with Crippen molar-refractivity contribution < 1.29 is 13.9 Å². The highest BCUT2D eigenvalue weighted by Gasteiger charge is 2.54. The minimum Gasteiger partial charge on any atom is -0.441 e. The van der Waals surface area contributed by atoms with Gasteiger partial charge in [0.1, 0.15) is 5.60 Å². The van der Waals surface area contributed by atoms with Crippen LogP contribution in [0.3, 0.4) is 0 Å². The van der Waals surface area contributed by atoms with Crippen LogP contribution in [0.5, 0.6) is 0 Å². The predicted octanol–water partition coefficient (Wildman–Crippen LogP) is 4.95. The Labute approximate surface area is 169 Å². The molecule has 2 heterocycles. The molecule has 1 aliphatic heterocycles. The maximum atomic E-state index is 12.7. The molecule has 3 aromatic rings. The molecule has 1 aromatic heterocycles. The summed E-state index contributed by atoms with van der Waals surface area (Å²) in [6, 6.07) is 19.8. The van der Waals surface area contributed by atoms with Gasteiger partial charge < -0.3 is 9.15 Å². The van der Waals surface area contributed by atoms with Crippen LogP contribution in [0.25, 0.3) is 11.5 Å². The van der Waals surface area contributed by atoms with Gasteiger partial charge in [-0.05, 0) is 44.4 Å². The Balaban J connectivity index is 1.33. The van der Waals surface area contributed by atoms with Crippen molar-refractivity contribution in [1.82, 2.24) is 15.1 Å². The molecule has 29 heavy (non-hydrogen) atoms. The summed E-state index contributed by atoms with van der Waals surface area (Å²) in [6.45, 7) is 3.95. The Hall–Kier alpha value is -3.15. The molecule has 1 amide bonds. The van der Waals surface area contributed by atoms with Crippen molar-refractivity contribution in [3.63, 3.8) is 0 Å². The Bertz CT molecular complexity index is 1010. The van der Waals surface area contributed by atoms with E-state index in [4.69, 9.17) is 9.15 Å². The van der Waals surface area contributed by atoms with E-state index in [9.17, 15) is 4.79 Å². The lowest BCUT2D eigenvalue weighted by Crippen LogP contribution is -2.47. The highest BCUT2D eigenvalue weighted by molar-refractivity contribution is 5.72.